The van der Waals surface area contributed by atoms with Crippen LogP contribution in [-0.2, 0) is 0 Å². The Balaban J connectivity index is 1.86. The maximum Gasteiger partial charge on any atom is 0.119 e. The molecule has 1 aromatic carbocycles. The first-order valence-electron chi connectivity index (χ1n) is 7.24. The van der Waals surface area contributed by atoms with Gasteiger partial charge < -0.3 is 10.1 Å². The highest BCUT2D eigenvalue weighted by Gasteiger charge is 2.26. The van der Waals surface area contributed by atoms with Gasteiger partial charge in [-0.15, -0.1) is 0 Å². The topological polar surface area (TPSA) is 21.3 Å². The minimum Gasteiger partial charge on any atom is -0.492 e. The Labute approximate surface area is 121 Å². The average molecular weight is 282 g/mol. The first-order valence-corrected chi connectivity index (χ1v) is 7.62. The summed E-state index contributed by atoms with van der Waals surface area (Å²) in [4.78, 5) is 0. The van der Waals surface area contributed by atoms with E-state index in [1.165, 1.54) is 25.7 Å². The van der Waals surface area contributed by atoms with E-state index in [1.807, 2.05) is 31.3 Å². The highest BCUT2D eigenvalue weighted by Crippen LogP contribution is 2.31. The van der Waals surface area contributed by atoms with Crippen molar-refractivity contribution >= 4 is 11.6 Å². The quantitative estimate of drug-likeness (QED) is 0.876. The van der Waals surface area contributed by atoms with Crippen molar-refractivity contribution in [3.8, 4) is 5.75 Å². The second-order valence-corrected chi connectivity index (χ2v) is 6.13. The first kappa shape index (κ1) is 14.7. The molecule has 1 aromatic rings. The molecule has 19 heavy (non-hydrogen) atoms. The van der Waals surface area contributed by atoms with Gasteiger partial charge in [-0.25, -0.2) is 0 Å². The average Bonchev–Trinajstić information content (AvgIpc) is 2.42. The number of ether oxygens (including phenoxy) is 1. The molecule has 0 bridgehead atoms. The lowest BCUT2D eigenvalue weighted by Crippen LogP contribution is -2.40. The van der Waals surface area contributed by atoms with Crippen molar-refractivity contribution in [3.05, 3.63) is 29.3 Å². The van der Waals surface area contributed by atoms with E-state index in [-0.39, 0.29) is 0 Å². The van der Waals surface area contributed by atoms with Crippen molar-refractivity contribution in [2.24, 2.45) is 11.8 Å². The molecule has 0 heterocycles. The van der Waals surface area contributed by atoms with Gasteiger partial charge in [0.25, 0.3) is 0 Å². The number of benzene rings is 1. The molecule has 1 aliphatic rings. The van der Waals surface area contributed by atoms with Crippen molar-refractivity contribution in [2.75, 3.05) is 13.7 Å². The molecule has 0 aliphatic heterocycles. The number of halogens is 1. The molecule has 3 atom stereocenters. The van der Waals surface area contributed by atoms with Crippen LogP contribution in [0.1, 0.15) is 32.6 Å². The van der Waals surface area contributed by atoms with Gasteiger partial charge in [0.2, 0.25) is 0 Å². The minimum atomic E-state index is 0.443. The summed E-state index contributed by atoms with van der Waals surface area (Å²) in [6, 6.07) is 8.04. The van der Waals surface area contributed by atoms with Crippen LogP contribution in [0.3, 0.4) is 0 Å². The first-order chi connectivity index (χ1) is 9.19. The number of rotatable bonds is 5. The highest BCUT2D eigenvalue weighted by atomic mass is 35.5. The fraction of sp³-hybridized carbons (Fsp3) is 0.625. The van der Waals surface area contributed by atoms with Gasteiger partial charge in [-0.1, -0.05) is 31.4 Å². The molecule has 1 saturated carbocycles. The summed E-state index contributed by atoms with van der Waals surface area (Å²) in [5.41, 5.74) is 0. The second-order valence-electron chi connectivity index (χ2n) is 5.69. The van der Waals surface area contributed by atoms with E-state index < -0.39 is 0 Å². The fourth-order valence-electron chi connectivity index (χ4n) is 3.02. The van der Waals surface area contributed by atoms with Crippen LogP contribution in [0.15, 0.2) is 24.3 Å². The Morgan fingerprint density at radius 1 is 1.32 bits per heavy atom. The SMILES string of the molecule is CNC(COc1ccc(Cl)cc1)C1CCCC(C)C1. The lowest BCUT2D eigenvalue weighted by molar-refractivity contribution is 0.171. The van der Waals surface area contributed by atoms with Crippen LogP contribution in [-0.4, -0.2) is 19.7 Å². The van der Waals surface area contributed by atoms with Crippen molar-refractivity contribution in [1.29, 1.82) is 0 Å². The zero-order valence-electron chi connectivity index (χ0n) is 11.9. The van der Waals surface area contributed by atoms with Crippen LogP contribution in [0, 0.1) is 11.8 Å². The van der Waals surface area contributed by atoms with Crippen molar-refractivity contribution in [2.45, 2.75) is 38.6 Å². The molecule has 0 saturated heterocycles. The molecule has 2 nitrogen and oxygen atoms in total. The Morgan fingerprint density at radius 2 is 2.05 bits per heavy atom. The molecule has 0 aromatic heterocycles. The van der Waals surface area contributed by atoms with Gasteiger partial charge >= 0.3 is 0 Å². The van der Waals surface area contributed by atoms with Gasteiger partial charge in [-0.05, 0) is 56.0 Å². The summed E-state index contributed by atoms with van der Waals surface area (Å²) in [6.45, 7) is 3.09. The van der Waals surface area contributed by atoms with Gasteiger partial charge in [0.15, 0.2) is 0 Å². The van der Waals surface area contributed by atoms with Crippen LogP contribution in [0.4, 0.5) is 0 Å². The van der Waals surface area contributed by atoms with Gasteiger partial charge in [-0.3, -0.25) is 0 Å². The van der Waals surface area contributed by atoms with Gasteiger partial charge in [0.05, 0.1) is 0 Å². The van der Waals surface area contributed by atoms with E-state index in [0.29, 0.717) is 6.04 Å². The van der Waals surface area contributed by atoms with Crippen molar-refractivity contribution in [3.63, 3.8) is 0 Å². The standard InChI is InChI=1S/C16H24ClNO/c1-12-4-3-5-13(10-12)16(18-2)11-19-15-8-6-14(17)7-9-15/h6-9,12-13,16,18H,3-5,10-11H2,1-2H3. The Morgan fingerprint density at radius 3 is 2.68 bits per heavy atom. The van der Waals surface area contributed by atoms with Crippen molar-refractivity contribution < 1.29 is 4.74 Å². The van der Waals surface area contributed by atoms with Crippen LogP contribution in [0.25, 0.3) is 0 Å². The van der Waals surface area contributed by atoms with Crippen LogP contribution >= 0.6 is 11.6 Å². The summed E-state index contributed by atoms with van der Waals surface area (Å²) < 4.78 is 5.88. The molecular weight excluding hydrogens is 258 g/mol. The molecule has 3 heteroatoms. The summed E-state index contributed by atoms with van der Waals surface area (Å²) >= 11 is 5.87. The predicted molar refractivity (Wildman–Crippen MR) is 80.9 cm³/mol. The maximum absolute atomic E-state index is 5.88. The monoisotopic (exact) mass is 281 g/mol. The second kappa shape index (κ2) is 7.16. The highest BCUT2D eigenvalue weighted by molar-refractivity contribution is 6.30. The molecular formula is C16H24ClNO. The molecule has 0 radical (unpaired) electrons. The third kappa shape index (κ3) is 4.39. The van der Waals surface area contributed by atoms with E-state index in [0.717, 1.165) is 29.2 Å². The molecule has 3 unspecified atom stereocenters. The normalized spacial score (nSPS) is 25.0. The van der Waals surface area contributed by atoms with Crippen molar-refractivity contribution in [1.82, 2.24) is 5.32 Å². The van der Waals surface area contributed by atoms with Crippen LogP contribution in [0.2, 0.25) is 5.02 Å². The van der Waals surface area contributed by atoms with Gasteiger partial charge in [-0.2, -0.15) is 0 Å². The molecule has 0 amide bonds. The van der Waals surface area contributed by atoms with E-state index in [4.69, 9.17) is 16.3 Å². The summed E-state index contributed by atoms with van der Waals surface area (Å²) in [7, 11) is 2.04. The molecule has 0 spiro atoms. The molecule has 1 aliphatic carbocycles. The Kier molecular flexibility index (Phi) is 5.53. The molecule has 1 N–H and O–H groups in total. The molecule has 2 rings (SSSR count). The smallest absolute Gasteiger partial charge is 0.119 e. The largest absolute Gasteiger partial charge is 0.492 e. The number of hydrogen-bond donors (Lipinski definition) is 1. The van der Waals surface area contributed by atoms with Crippen LogP contribution < -0.4 is 10.1 Å². The lowest BCUT2D eigenvalue weighted by Gasteiger charge is -2.33. The van der Waals surface area contributed by atoms with Gasteiger partial charge in [0, 0.05) is 11.1 Å². The third-order valence-electron chi connectivity index (χ3n) is 4.16. The van der Waals surface area contributed by atoms with E-state index in [9.17, 15) is 0 Å². The summed E-state index contributed by atoms with van der Waals surface area (Å²) in [5.74, 6) is 2.49. The fourth-order valence-corrected chi connectivity index (χ4v) is 3.14. The molecule has 106 valence electrons. The van der Waals surface area contributed by atoms with E-state index in [2.05, 4.69) is 12.2 Å². The number of hydrogen-bond acceptors (Lipinski definition) is 2. The Hall–Kier alpha value is -0.730. The molecule has 1 fully saturated rings. The Bertz CT molecular complexity index is 379. The van der Waals surface area contributed by atoms with E-state index >= 15 is 0 Å². The maximum atomic E-state index is 5.88. The number of likely N-dealkylation sites (N-methyl/N-ethyl adjacent to an activating group) is 1. The van der Waals surface area contributed by atoms with E-state index in [1.54, 1.807) is 0 Å². The van der Waals surface area contributed by atoms with Gasteiger partial charge in [0.1, 0.15) is 12.4 Å². The van der Waals surface area contributed by atoms with Crippen LogP contribution in [0.5, 0.6) is 5.75 Å². The number of nitrogens with one attached hydrogen (secondary N) is 1. The zero-order valence-corrected chi connectivity index (χ0v) is 12.6. The third-order valence-corrected chi connectivity index (χ3v) is 4.41. The minimum absolute atomic E-state index is 0.443. The predicted octanol–water partition coefficient (Wildman–Crippen LogP) is 4.13. The lowest BCUT2D eigenvalue weighted by atomic mass is 9.79. The zero-order chi connectivity index (χ0) is 13.7. The summed E-state index contributed by atoms with van der Waals surface area (Å²) in [5, 5.41) is 4.17. The summed E-state index contributed by atoms with van der Waals surface area (Å²) in [6.07, 6.45) is 5.37.